The Balaban J connectivity index is 1.86. The second-order valence-corrected chi connectivity index (χ2v) is 4.75. The molecule has 2 N–H and O–H groups in total. The van der Waals surface area contributed by atoms with Gasteiger partial charge in [-0.3, -0.25) is 0 Å². The zero-order valence-electron chi connectivity index (χ0n) is 11.5. The van der Waals surface area contributed by atoms with Crippen LogP contribution in [0.5, 0.6) is 5.75 Å². The van der Waals surface area contributed by atoms with Crippen molar-refractivity contribution in [3.05, 3.63) is 59.9 Å². The lowest BCUT2D eigenvalue weighted by Gasteiger charge is -2.07. The van der Waals surface area contributed by atoms with Crippen LogP contribution in [0.25, 0.3) is 11.0 Å². The fourth-order valence-corrected chi connectivity index (χ4v) is 2.30. The Kier molecular flexibility index (Phi) is 3.79. The second kappa shape index (κ2) is 5.89. The van der Waals surface area contributed by atoms with Crippen molar-refractivity contribution < 1.29 is 14.7 Å². The molecule has 0 saturated heterocycles. The van der Waals surface area contributed by atoms with Crippen molar-refractivity contribution >= 4 is 18.4 Å². The molecule has 0 fully saturated rings. The van der Waals surface area contributed by atoms with Gasteiger partial charge < -0.3 is 19.3 Å². The smallest absolute Gasteiger partial charge is 0.512 e. The Morgan fingerprint density at radius 1 is 1.18 bits per heavy atom. The maximum atomic E-state index is 9.08. The molecule has 0 aliphatic rings. The summed E-state index contributed by atoms with van der Waals surface area (Å²) < 4.78 is 6.71. The van der Waals surface area contributed by atoms with Crippen LogP contribution in [0.4, 0.5) is 0 Å². The van der Waals surface area contributed by atoms with E-state index < -0.39 is 7.32 Å². The zero-order valence-corrected chi connectivity index (χ0v) is 11.5. The average molecular weight is 293 g/mol. The van der Waals surface area contributed by atoms with Gasteiger partial charge in [0.15, 0.2) is 0 Å². The lowest BCUT2D eigenvalue weighted by molar-refractivity contribution is 0.288. The molecule has 0 radical (unpaired) electrons. The van der Waals surface area contributed by atoms with Crippen LogP contribution in [-0.2, 0) is 6.54 Å². The van der Waals surface area contributed by atoms with Gasteiger partial charge in [-0.05, 0) is 29.8 Å². The first kappa shape index (κ1) is 14.1. The normalized spacial score (nSPS) is 10.4. The topological polar surface area (TPSA) is 91.3 Å². The molecule has 3 rings (SSSR count). The number of hydrogen-bond donors (Lipinski definition) is 2. The second-order valence-electron chi connectivity index (χ2n) is 4.75. The van der Waals surface area contributed by atoms with Crippen LogP contribution in [0, 0.1) is 11.3 Å². The van der Waals surface area contributed by atoms with Gasteiger partial charge in [0, 0.05) is 6.54 Å². The molecule has 108 valence electrons. The molecule has 0 atom stereocenters. The molecular weight excluding hydrogens is 281 g/mol. The first-order valence-corrected chi connectivity index (χ1v) is 6.63. The summed E-state index contributed by atoms with van der Waals surface area (Å²) >= 11 is 0. The molecule has 0 spiro atoms. The van der Waals surface area contributed by atoms with E-state index in [1.807, 2.05) is 28.8 Å². The van der Waals surface area contributed by atoms with Crippen LogP contribution < -0.4 is 4.65 Å². The number of nitrogens with zero attached hydrogens (tertiary/aromatic N) is 3. The minimum Gasteiger partial charge on any atom is -0.512 e. The van der Waals surface area contributed by atoms with Crippen molar-refractivity contribution in [2.24, 2.45) is 0 Å². The number of benzene rings is 2. The number of aromatic nitrogens is 2. The summed E-state index contributed by atoms with van der Waals surface area (Å²) in [7, 11) is -1.83. The monoisotopic (exact) mass is 293 g/mol. The number of para-hydroxylation sites is 1. The Morgan fingerprint density at radius 3 is 2.64 bits per heavy atom. The number of nitriles is 1. The molecule has 0 aliphatic carbocycles. The Labute approximate surface area is 127 Å². The molecule has 0 aliphatic heterocycles. The van der Waals surface area contributed by atoms with Crippen molar-refractivity contribution in [1.82, 2.24) is 9.55 Å². The minimum absolute atomic E-state index is 0.376. The molecule has 1 heterocycles. The summed E-state index contributed by atoms with van der Waals surface area (Å²) in [4.78, 5) is 4.29. The number of fused-ring (bicyclic) bond motifs is 1. The van der Waals surface area contributed by atoms with E-state index in [1.54, 1.807) is 24.5 Å². The number of imidazole rings is 1. The molecule has 1 aromatic heterocycles. The maximum absolute atomic E-state index is 9.08. The Hall–Kier alpha value is -2.82. The standard InChI is InChI=1S/C15H12BN3O3/c17-8-12-2-1-3-14-15(12)18-10-19(14)9-11-4-6-13(7-5-11)22-16(20)21/h1-7,10,20-21H,9H2. The summed E-state index contributed by atoms with van der Waals surface area (Å²) in [5.74, 6) is 0.376. The van der Waals surface area contributed by atoms with Crippen LogP contribution in [0.15, 0.2) is 48.8 Å². The first-order valence-electron chi connectivity index (χ1n) is 6.63. The highest BCUT2D eigenvalue weighted by atomic mass is 16.6. The molecule has 7 heteroatoms. The lowest BCUT2D eigenvalue weighted by atomic mass is 10.2. The van der Waals surface area contributed by atoms with Gasteiger partial charge in [0.1, 0.15) is 17.3 Å². The van der Waals surface area contributed by atoms with Crippen LogP contribution in [0.3, 0.4) is 0 Å². The van der Waals surface area contributed by atoms with E-state index in [4.69, 9.17) is 20.0 Å². The highest BCUT2D eigenvalue weighted by molar-refractivity contribution is 6.33. The van der Waals surface area contributed by atoms with E-state index in [2.05, 4.69) is 11.1 Å². The summed E-state index contributed by atoms with van der Waals surface area (Å²) in [6.07, 6.45) is 1.70. The molecule has 0 bridgehead atoms. The van der Waals surface area contributed by atoms with Gasteiger partial charge in [-0.15, -0.1) is 0 Å². The van der Waals surface area contributed by atoms with Crippen LogP contribution in [0.1, 0.15) is 11.1 Å². The van der Waals surface area contributed by atoms with E-state index >= 15 is 0 Å². The van der Waals surface area contributed by atoms with Crippen molar-refractivity contribution in [3.63, 3.8) is 0 Å². The fourth-order valence-electron chi connectivity index (χ4n) is 2.30. The van der Waals surface area contributed by atoms with Crippen molar-refractivity contribution in [2.75, 3.05) is 0 Å². The quantitative estimate of drug-likeness (QED) is 0.707. The van der Waals surface area contributed by atoms with E-state index in [1.165, 1.54) is 0 Å². The summed E-state index contributed by atoms with van der Waals surface area (Å²) in [5.41, 5.74) is 3.14. The Morgan fingerprint density at radius 2 is 1.95 bits per heavy atom. The summed E-state index contributed by atoms with van der Waals surface area (Å²) in [5, 5.41) is 26.6. The van der Waals surface area contributed by atoms with Gasteiger partial charge in [-0.2, -0.15) is 5.26 Å². The fraction of sp³-hybridized carbons (Fsp3) is 0.0667. The summed E-state index contributed by atoms with van der Waals surface area (Å²) in [6.45, 7) is 0.591. The maximum Gasteiger partial charge on any atom is 0.707 e. The molecule has 22 heavy (non-hydrogen) atoms. The van der Waals surface area contributed by atoms with Crippen LogP contribution in [0.2, 0.25) is 0 Å². The first-order chi connectivity index (χ1) is 10.7. The van der Waals surface area contributed by atoms with Crippen LogP contribution in [-0.4, -0.2) is 26.9 Å². The third-order valence-corrected chi connectivity index (χ3v) is 3.29. The van der Waals surface area contributed by atoms with E-state index in [9.17, 15) is 0 Å². The SMILES string of the molecule is N#Cc1cccc2c1ncn2Cc1ccc(OB(O)O)cc1. The molecule has 0 saturated carbocycles. The molecule has 0 amide bonds. The van der Waals surface area contributed by atoms with E-state index in [-0.39, 0.29) is 0 Å². The van der Waals surface area contributed by atoms with Crippen LogP contribution >= 0.6 is 0 Å². The molecule has 6 nitrogen and oxygen atoms in total. The average Bonchev–Trinajstić information content (AvgIpc) is 2.92. The molecule has 0 unspecified atom stereocenters. The van der Waals surface area contributed by atoms with Gasteiger partial charge >= 0.3 is 7.32 Å². The Bertz CT molecular complexity index is 837. The summed E-state index contributed by atoms with van der Waals surface area (Å²) in [6, 6.07) is 14.6. The largest absolute Gasteiger partial charge is 0.707 e. The lowest BCUT2D eigenvalue weighted by Crippen LogP contribution is -2.20. The number of rotatable bonds is 4. The van der Waals surface area contributed by atoms with Crippen molar-refractivity contribution in [3.8, 4) is 11.8 Å². The van der Waals surface area contributed by atoms with Gasteiger partial charge in [0.25, 0.3) is 0 Å². The van der Waals surface area contributed by atoms with E-state index in [0.717, 1.165) is 11.1 Å². The van der Waals surface area contributed by atoms with Crippen molar-refractivity contribution in [1.29, 1.82) is 5.26 Å². The van der Waals surface area contributed by atoms with Gasteiger partial charge in [0.2, 0.25) is 0 Å². The van der Waals surface area contributed by atoms with Gasteiger partial charge in [0.05, 0.1) is 17.4 Å². The molecule has 2 aromatic carbocycles. The predicted molar refractivity (Wildman–Crippen MR) is 80.8 cm³/mol. The zero-order chi connectivity index (χ0) is 15.5. The third-order valence-electron chi connectivity index (χ3n) is 3.29. The predicted octanol–water partition coefficient (Wildman–Crippen LogP) is 1.30. The van der Waals surface area contributed by atoms with Gasteiger partial charge in [-0.1, -0.05) is 18.2 Å². The van der Waals surface area contributed by atoms with Gasteiger partial charge in [-0.25, -0.2) is 4.98 Å². The molecular formula is C15H12BN3O3. The highest BCUT2D eigenvalue weighted by Gasteiger charge is 2.11. The number of hydrogen-bond acceptors (Lipinski definition) is 5. The van der Waals surface area contributed by atoms with E-state index in [0.29, 0.717) is 23.4 Å². The highest BCUT2D eigenvalue weighted by Crippen LogP contribution is 2.19. The van der Waals surface area contributed by atoms with Crippen molar-refractivity contribution in [2.45, 2.75) is 6.54 Å². The molecule has 3 aromatic rings. The minimum atomic E-state index is -1.83. The third kappa shape index (κ3) is 2.79.